The predicted molar refractivity (Wildman–Crippen MR) is 114 cm³/mol. The van der Waals surface area contributed by atoms with Crippen LogP contribution in [0.15, 0.2) is 47.5 Å². The molecule has 2 rings (SSSR count). The summed E-state index contributed by atoms with van der Waals surface area (Å²) in [6.45, 7) is 6.74. The predicted octanol–water partition coefficient (Wildman–Crippen LogP) is 3.71. The molecule has 28 heavy (non-hydrogen) atoms. The number of rotatable bonds is 8. The van der Waals surface area contributed by atoms with Crippen LogP contribution in [-0.2, 0) is 0 Å². The Morgan fingerprint density at radius 2 is 1.68 bits per heavy atom. The van der Waals surface area contributed by atoms with Crippen LogP contribution in [0.4, 0.5) is 0 Å². The first-order valence-electron chi connectivity index (χ1n) is 9.39. The normalized spacial score (nSPS) is 13.4. The maximum atomic E-state index is 5.98. The van der Waals surface area contributed by atoms with E-state index in [9.17, 15) is 0 Å². The number of para-hydroxylation sites is 2. The van der Waals surface area contributed by atoms with Crippen molar-refractivity contribution >= 4 is 5.96 Å². The van der Waals surface area contributed by atoms with Gasteiger partial charge in [0.15, 0.2) is 17.5 Å². The van der Waals surface area contributed by atoms with Gasteiger partial charge in [-0.3, -0.25) is 4.99 Å². The molecule has 0 fully saturated rings. The van der Waals surface area contributed by atoms with Gasteiger partial charge in [0.2, 0.25) is 0 Å². The van der Waals surface area contributed by atoms with Crippen LogP contribution in [0, 0.1) is 6.92 Å². The van der Waals surface area contributed by atoms with Crippen LogP contribution in [0.5, 0.6) is 17.2 Å². The monoisotopic (exact) mass is 385 g/mol. The molecule has 0 bridgehead atoms. The average molecular weight is 386 g/mol. The lowest BCUT2D eigenvalue weighted by molar-refractivity contribution is 0.213. The maximum Gasteiger partial charge on any atom is 0.191 e. The fourth-order valence-electron chi connectivity index (χ4n) is 2.88. The van der Waals surface area contributed by atoms with Crippen molar-refractivity contribution in [1.29, 1.82) is 0 Å². The lowest BCUT2D eigenvalue weighted by atomic mass is 10.0. The number of ether oxygens (including phenoxy) is 3. The van der Waals surface area contributed by atoms with E-state index in [1.807, 2.05) is 43.3 Å². The minimum Gasteiger partial charge on any atom is -0.496 e. The van der Waals surface area contributed by atoms with Crippen molar-refractivity contribution in [2.24, 2.45) is 4.99 Å². The van der Waals surface area contributed by atoms with Crippen molar-refractivity contribution in [2.75, 3.05) is 27.8 Å². The summed E-state index contributed by atoms with van der Waals surface area (Å²) < 4.78 is 16.8. The molecule has 2 aromatic rings. The van der Waals surface area contributed by atoms with Crippen molar-refractivity contribution in [2.45, 2.75) is 32.9 Å². The van der Waals surface area contributed by atoms with Crippen LogP contribution in [0.3, 0.4) is 0 Å². The average Bonchev–Trinajstić information content (AvgIpc) is 2.71. The minimum absolute atomic E-state index is 0.0338. The number of methoxy groups -OCH3 is 2. The number of hydrogen-bond acceptors (Lipinski definition) is 4. The highest BCUT2D eigenvalue weighted by Crippen LogP contribution is 2.27. The molecule has 0 spiro atoms. The summed E-state index contributed by atoms with van der Waals surface area (Å²) in [4.78, 5) is 4.32. The molecule has 2 N–H and O–H groups in total. The molecule has 2 unspecified atom stereocenters. The van der Waals surface area contributed by atoms with Gasteiger partial charge in [0, 0.05) is 12.6 Å². The molecule has 2 aromatic carbocycles. The SMILES string of the molecule is CN=C(NCC(C)Oc1ccccc1OC)NC(C)c1cc(C)ccc1OC. The summed E-state index contributed by atoms with van der Waals surface area (Å²) in [5.74, 6) is 3.00. The van der Waals surface area contributed by atoms with Crippen LogP contribution in [0.1, 0.15) is 31.0 Å². The Labute approximate surface area is 167 Å². The van der Waals surface area contributed by atoms with E-state index < -0.39 is 0 Å². The summed E-state index contributed by atoms with van der Waals surface area (Å²) in [5.41, 5.74) is 2.27. The molecule has 0 saturated carbocycles. The van der Waals surface area contributed by atoms with Crippen molar-refractivity contribution in [3.63, 3.8) is 0 Å². The Kier molecular flexibility index (Phi) is 7.99. The smallest absolute Gasteiger partial charge is 0.191 e. The third-order valence-corrected chi connectivity index (χ3v) is 4.38. The van der Waals surface area contributed by atoms with Gasteiger partial charge in [-0.15, -0.1) is 0 Å². The van der Waals surface area contributed by atoms with Crippen LogP contribution >= 0.6 is 0 Å². The third kappa shape index (κ3) is 5.81. The molecule has 0 aliphatic carbocycles. The number of guanidine groups is 1. The first kappa shape index (κ1) is 21.4. The lowest BCUT2D eigenvalue weighted by Crippen LogP contribution is -2.42. The van der Waals surface area contributed by atoms with E-state index in [1.165, 1.54) is 5.56 Å². The van der Waals surface area contributed by atoms with E-state index in [2.05, 4.69) is 35.5 Å². The zero-order valence-electron chi connectivity index (χ0n) is 17.6. The summed E-state index contributed by atoms with van der Waals surface area (Å²) in [7, 11) is 5.07. The maximum absolute atomic E-state index is 5.98. The second kappa shape index (κ2) is 10.4. The molecule has 0 aliphatic heterocycles. The molecule has 6 heteroatoms. The fraction of sp³-hybridized carbons (Fsp3) is 0.409. The van der Waals surface area contributed by atoms with Gasteiger partial charge in [0.1, 0.15) is 11.9 Å². The highest BCUT2D eigenvalue weighted by molar-refractivity contribution is 5.80. The number of nitrogens with one attached hydrogen (secondary N) is 2. The first-order chi connectivity index (χ1) is 13.5. The quantitative estimate of drug-likeness (QED) is 0.536. The van der Waals surface area contributed by atoms with Gasteiger partial charge in [-0.25, -0.2) is 0 Å². The largest absolute Gasteiger partial charge is 0.496 e. The zero-order chi connectivity index (χ0) is 20.5. The van der Waals surface area contributed by atoms with E-state index in [0.29, 0.717) is 12.5 Å². The molecule has 2 atom stereocenters. The Balaban J connectivity index is 1.95. The number of benzene rings is 2. The molecule has 0 radical (unpaired) electrons. The van der Waals surface area contributed by atoms with Gasteiger partial charge in [-0.1, -0.05) is 29.8 Å². The Morgan fingerprint density at radius 3 is 2.32 bits per heavy atom. The van der Waals surface area contributed by atoms with Crippen LogP contribution in [-0.4, -0.2) is 39.9 Å². The lowest BCUT2D eigenvalue weighted by Gasteiger charge is -2.22. The topological polar surface area (TPSA) is 64.1 Å². The molecule has 0 amide bonds. The molecule has 152 valence electrons. The highest BCUT2D eigenvalue weighted by atomic mass is 16.5. The van der Waals surface area contributed by atoms with E-state index in [-0.39, 0.29) is 12.1 Å². The van der Waals surface area contributed by atoms with Gasteiger partial charge in [-0.2, -0.15) is 0 Å². The van der Waals surface area contributed by atoms with Crippen molar-refractivity contribution < 1.29 is 14.2 Å². The number of aryl methyl sites for hydroxylation is 1. The summed E-state index contributed by atoms with van der Waals surface area (Å²) >= 11 is 0. The summed E-state index contributed by atoms with van der Waals surface area (Å²) in [6, 6.07) is 13.8. The first-order valence-corrected chi connectivity index (χ1v) is 9.39. The van der Waals surface area contributed by atoms with Gasteiger partial charge < -0.3 is 24.8 Å². The van der Waals surface area contributed by atoms with Gasteiger partial charge >= 0.3 is 0 Å². The number of hydrogen-bond donors (Lipinski definition) is 2. The van der Waals surface area contributed by atoms with E-state index in [4.69, 9.17) is 14.2 Å². The molecular weight excluding hydrogens is 354 g/mol. The van der Waals surface area contributed by atoms with Crippen molar-refractivity contribution in [3.05, 3.63) is 53.6 Å². The molecule has 6 nitrogen and oxygen atoms in total. The van der Waals surface area contributed by atoms with Gasteiger partial charge in [0.25, 0.3) is 0 Å². The second-order valence-corrected chi connectivity index (χ2v) is 6.64. The van der Waals surface area contributed by atoms with Gasteiger partial charge in [-0.05, 0) is 39.0 Å². The van der Waals surface area contributed by atoms with E-state index >= 15 is 0 Å². The fourth-order valence-corrected chi connectivity index (χ4v) is 2.88. The minimum atomic E-state index is -0.0707. The molecule has 0 heterocycles. The van der Waals surface area contributed by atoms with E-state index in [1.54, 1.807) is 21.3 Å². The van der Waals surface area contributed by atoms with E-state index in [0.717, 1.165) is 22.8 Å². The standard InChI is InChI=1S/C22H31N3O3/c1-15-11-12-19(26-5)18(13-15)17(3)25-22(23-4)24-14-16(2)28-21-10-8-7-9-20(21)27-6/h7-13,16-17H,14H2,1-6H3,(H2,23,24,25). The molecule has 0 aliphatic rings. The Morgan fingerprint density at radius 1 is 1.00 bits per heavy atom. The second-order valence-electron chi connectivity index (χ2n) is 6.64. The van der Waals surface area contributed by atoms with Gasteiger partial charge in [0.05, 0.1) is 26.8 Å². The summed E-state index contributed by atoms with van der Waals surface area (Å²) in [5, 5.41) is 6.72. The van der Waals surface area contributed by atoms with Crippen LogP contribution < -0.4 is 24.8 Å². The number of aliphatic imine (C=N–C) groups is 1. The van der Waals surface area contributed by atoms with Crippen molar-refractivity contribution in [3.8, 4) is 17.2 Å². The van der Waals surface area contributed by atoms with Crippen LogP contribution in [0.25, 0.3) is 0 Å². The van der Waals surface area contributed by atoms with Crippen molar-refractivity contribution in [1.82, 2.24) is 10.6 Å². The third-order valence-electron chi connectivity index (χ3n) is 4.38. The molecular formula is C22H31N3O3. The summed E-state index contributed by atoms with van der Waals surface area (Å²) in [6.07, 6.45) is -0.0707. The highest BCUT2D eigenvalue weighted by Gasteiger charge is 2.14. The van der Waals surface area contributed by atoms with Crippen LogP contribution in [0.2, 0.25) is 0 Å². The Hall–Kier alpha value is -2.89. The zero-order valence-corrected chi connectivity index (χ0v) is 17.6. The number of nitrogens with zero attached hydrogens (tertiary/aromatic N) is 1. The molecule has 0 saturated heterocycles. The Bertz CT molecular complexity index is 792. The molecule has 0 aromatic heterocycles.